The van der Waals surface area contributed by atoms with Crippen LogP contribution in [-0.2, 0) is 0 Å². The maximum atomic E-state index is 8.27. The van der Waals surface area contributed by atoms with Crippen molar-refractivity contribution in [2.75, 3.05) is 6.54 Å². The topological polar surface area (TPSA) is 70.6 Å². The van der Waals surface area contributed by atoms with Gasteiger partial charge in [-0.2, -0.15) is 0 Å². The summed E-state index contributed by atoms with van der Waals surface area (Å²) < 4.78 is 0. The molecule has 0 aromatic carbocycles. The number of rotatable bonds is 6. The highest BCUT2D eigenvalue weighted by molar-refractivity contribution is 5.79. The molecule has 0 spiro atoms. The van der Waals surface area contributed by atoms with E-state index >= 15 is 0 Å². The summed E-state index contributed by atoms with van der Waals surface area (Å²) in [6.07, 6.45) is 6.84. The second-order valence-electron chi connectivity index (χ2n) is 3.63. The Morgan fingerprint density at radius 3 is 2.77 bits per heavy atom. The van der Waals surface area contributed by atoms with Crippen molar-refractivity contribution in [3.63, 3.8) is 0 Å². The van der Waals surface area contributed by atoms with E-state index in [0.717, 1.165) is 25.4 Å². The summed E-state index contributed by atoms with van der Waals surface area (Å²) in [6, 6.07) is 0.767. The molecule has 0 aromatic rings. The molecule has 1 aliphatic rings. The number of hydrogen-bond acceptors (Lipinski definition) is 3. The van der Waals surface area contributed by atoms with E-state index in [1.807, 2.05) is 0 Å². The molecule has 0 aliphatic heterocycles. The minimum atomic E-state index is 0.337. The van der Waals surface area contributed by atoms with Gasteiger partial charge >= 0.3 is 0 Å². The Labute approximate surface area is 79.2 Å². The van der Waals surface area contributed by atoms with Crippen molar-refractivity contribution in [2.24, 2.45) is 10.9 Å². The smallest absolute Gasteiger partial charge is 0.139 e. The van der Waals surface area contributed by atoms with E-state index in [0.29, 0.717) is 12.3 Å². The fourth-order valence-corrected chi connectivity index (χ4v) is 1.40. The molecule has 0 amide bonds. The number of nitrogens with one attached hydrogen (secondary N) is 1. The van der Waals surface area contributed by atoms with Gasteiger partial charge in [0.1, 0.15) is 5.84 Å². The van der Waals surface area contributed by atoms with E-state index in [2.05, 4.69) is 10.5 Å². The average molecular weight is 185 g/mol. The monoisotopic (exact) mass is 185 g/mol. The SMILES string of the molecule is NC(CCCCNC1CCC1)=NO. The number of unbranched alkanes of at least 4 members (excludes halogenated alkanes) is 1. The van der Waals surface area contributed by atoms with Gasteiger partial charge in [0, 0.05) is 12.5 Å². The molecule has 0 heterocycles. The van der Waals surface area contributed by atoms with Crippen LogP contribution in [0, 0.1) is 0 Å². The first kappa shape index (κ1) is 10.3. The third-order valence-electron chi connectivity index (χ3n) is 2.53. The van der Waals surface area contributed by atoms with Crippen LogP contribution in [0.5, 0.6) is 0 Å². The van der Waals surface area contributed by atoms with Gasteiger partial charge in [0.2, 0.25) is 0 Å². The first-order valence-electron chi connectivity index (χ1n) is 5.02. The zero-order valence-electron chi connectivity index (χ0n) is 8.00. The van der Waals surface area contributed by atoms with Gasteiger partial charge in [-0.3, -0.25) is 0 Å². The summed E-state index contributed by atoms with van der Waals surface area (Å²) in [6.45, 7) is 1.06. The van der Waals surface area contributed by atoms with E-state index < -0.39 is 0 Å². The standard InChI is InChI=1S/C9H19N3O/c10-9(12-13)6-1-2-7-11-8-4-3-5-8/h8,11,13H,1-7H2,(H2,10,12). The first-order chi connectivity index (χ1) is 6.33. The minimum Gasteiger partial charge on any atom is -0.409 e. The van der Waals surface area contributed by atoms with Crippen molar-refractivity contribution in [1.29, 1.82) is 0 Å². The van der Waals surface area contributed by atoms with Crippen molar-refractivity contribution >= 4 is 5.84 Å². The summed E-state index contributed by atoms with van der Waals surface area (Å²) in [5.41, 5.74) is 5.33. The van der Waals surface area contributed by atoms with Crippen molar-refractivity contribution < 1.29 is 5.21 Å². The molecule has 1 rings (SSSR count). The van der Waals surface area contributed by atoms with Crippen molar-refractivity contribution in [3.05, 3.63) is 0 Å². The van der Waals surface area contributed by atoms with Crippen LogP contribution in [-0.4, -0.2) is 23.6 Å². The molecule has 0 atom stereocenters. The highest BCUT2D eigenvalue weighted by Crippen LogP contribution is 2.17. The summed E-state index contributed by atoms with van der Waals surface area (Å²) in [5, 5.41) is 14.7. The molecule has 0 bridgehead atoms. The summed E-state index contributed by atoms with van der Waals surface area (Å²) in [7, 11) is 0. The fourth-order valence-electron chi connectivity index (χ4n) is 1.40. The Kier molecular flexibility index (Phi) is 4.60. The summed E-state index contributed by atoms with van der Waals surface area (Å²) in [4.78, 5) is 0. The molecule has 0 aromatic heterocycles. The number of hydrogen-bond donors (Lipinski definition) is 3. The van der Waals surface area contributed by atoms with Crippen LogP contribution in [0.2, 0.25) is 0 Å². The molecule has 1 aliphatic carbocycles. The van der Waals surface area contributed by atoms with Crippen LogP contribution in [0.25, 0.3) is 0 Å². The third-order valence-corrected chi connectivity index (χ3v) is 2.53. The molecule has 4 nitrogen and oxygen atoms in total. The Morgan fingerprint density at radius 2 is 2.23 bits per heavy atom. The largest absolute Gasteiger partial charge is 0.409 e. The summed E-state index contributed by atoms with van der Waals surface area (Å²) >= 11 is 0. The van der Waals surface area contributed by atoms with Gasteiger partial charge in [-0.05, 0) is 32.2 Å². The maximum Gasteiger partial charge on any atom is 0.139 e. The Bertz CT molecular complexity index is 166. The zero-order valence-corrected chi connectivity index (χ0v) is 8.00. The molecule has 1 fully saturated rings. The van der Waals surface area contributed by atoms with Gasteiger partial charge in [0.05, 0.1) is 0 Å². The molecule has 0 radical (unpaired) electrons. The molecule has 76 valence electrons. The van der Waals surface area contributed by atoms with Crippen LogP contribution in [0.3, 0.4) is 0 Å². The Balaban J connectivity index is 1.83. The maximum absolute atomic E-state index is 8.27. The normalized spacial score (nSPS) is 18.6. The number of amidine groups is 1. The highest BCUT2D eigenvalue weighted by atomic mass is 16.4. The number of oxime groups is 1. The van der Waals surface area contributed by atoms with E-state index in [1.54, 1.807) is 0 Å². The molecule has 0 unspecified atom stereocenters. The molecule has 4 N–H and O–H groups in total. The van der Waals surface area contributed by atoms with E-state index in [-0.39, 0.29) is 0 Å². The lowest BCUT2D eigenvalue weighted by atomic mass is 9.93. The second-order valence-corrected chi connectivity index (χ2v) is 3.63. The molecule has 1 saturated carbocycles. The van der Waals surface area contributed by atoms with Crippen LogP contribution < -0.4 is 11.1 Å². The van der Waals surface area contributed by atoms with Crippen LogP contribution in [0.1, 0.15) is 38.5 Å². The Hall–Kier alpha value is -0.770. The van der Waals surface area contributed by atoms with Gasteiger partial charge in [0.15, 0.2) is 0 Å². The predicted molar refractivity (Wildman–Crippen MR) is 52.9 cm³/mol. The van der Waals surface area contributed by atoms with Gasteiger partial charge in [-0.15, -0.1) is 0 Å². The second kappa shape index (κ2) is 5.80. The van der Waals surface area contributed by atoms with Gasteiger partial charge in [0.25, 0.3) is 0 Å². The lowest BCUT2D eigenvalue weighted by molar-refractivity contribution is 0.316. The van der Waals surface area contributed by atoms with Gasteiger partial charge in [-0.1, -0.05) is 11.6 Å². The zero-order chi connectivity index (χ0) is 9.52. The molecule has 0 saturated heterocycles. The van der Waals surface area contributed by atoms with Crippen LogP contribution >= 0.6 is 0 Å². The molecule has 4 heteroatoms. The predicted octanol–water partition coefficient (Wildman–Crippen LogP) is 1.05. The van der Waals surface area contributed by atoms with Crippen molar-refractivity contribution in [3.8, 4) is 0 Å². The third kappa shape index (κ3) is 4.12. The Morgan fingerprint density at radius 1 is 1.46 bits per heavy atom. The fraction of sp³-hybridized carbons (Fsp3) is 0.889. The number of nitrogens with zero attached hydrogens (tertiary/aromatic N) is 1. The van der Waals surface area contributed by atoms with E-state index in [1.165, 1.54) is 19.3 Å². The lowest BCUT2D eigenvalue weighted by Gasteiger charge is -2.26. The molecular weight excluding hydrogens is 166 g/mol. The van der Waals surface area contributed by atoms with E-state index in [9.17, 15) is 0 Å². The van der Waals surface area contributed by atoms with Crippen molar-refractivity contribution in [2.45, 2.75) is 44.6 Å². The minimum absolute atomic E-state index is 0.337. The number of nitrogens with two attached hydrogens (primary N) is 1. The van der Waals surface area contributed by atoms with Gasteiger partial charge in [-0.25, -0.2) is 0 Å². The lowest BCUT2D eigenvalue weighted by Crippen LogP contribution is -2.35. The molecule has 13 heavy (non-hydrogen) atoms. The van der Waals surface area contributed by atoms with Crippen molar-refractivity contribution in [1.82, 2.24) is 5.32 Å². The first-order valence-corrected chi connectivity index (χ1v) is 5.02. The average Bonchev–Trinajstić information content (AvgIpc) is 2.07. The van der Waals surface area contributed by atoms with E-state index in [4.69, 9.17) is 10.9 Å². The quantitative estimate of drug-likeness (QED) is 0.190. The van der Waals surface area contributed by atoms with Gasteiger partial charge < -0.3 is 16.3 Å². The summed E-state index contributed by atoms with van der Waals surface area (Å²) in [5.74, 6) is 0.337. The highest BCUT2D eigenvalue weighted by Gasteiger charge is 2.15. The van der Waals surface area contributed by atoms with Crippen LogP contribution in [0.15, 0.2) is 5.16 Å². The van der Waals surface area contributed by atoms with Crippen LogP contribution in [0.4, 0.5) is 0 Å². The molecular formula is C9H19N3O.